The van der Waals surface area contributed by atoms with Crippen molar-refractivity contribution in [1.29, 1.82) is 0 Å². The third-order valence-electron chi connectivity index (χ3n) is 3.22. The van der Waals surface area contributed by atoms with Crippen molar-refractivity contribution in [2.75, 3.05) is 19.5 Å². The highest BCUT2D eigenvalue weighted by atomic mass is 35.5. The number of alkyl halides is 3. The molecule has 1 aromatic heterocycles. The molecule has 0 atom stereocenters. The molecule has 0 aliphatic heterocycles. The van der Waals surface area contributed by atoms with Crippen LogP contribution in [-0.2, 0) is 25.2 Å². The maximum Gasteiger partial charge on any atom is 0.435 e. The quantitative estimate of drug-likeness (QED) is 0.610. The van der Waals surface area contributed by atoms with Gasteiger partial charge in [-0.1, -0.05) is 11.6 Å². The lowest BCUT2D eigenvalue weighted by molar-refractivity contribution is -0.141. The van der Waals surface area contributed by atoms with Crippen molar-refractivity contribution in [1.82, 2.24) is 9.78 Å². The number of rotatable bonds is 5. The van der Waals surface area contributed by atoms with Gasteiger partial charge in [0.1, 0.15) is 5.70 Å². The van der Waals surface area contributed by atoms with Crippen molar-refractivity contribution in [3.8, 4) is 5.69 Å². The van der Waals surface area contributed by atoms with E-state index in [2.05, 4.69) is 19.9 Å². The zero-order valence-corrected chi connectivity index (χ0v) is 14.8. The van der Waals surface area contributed by atoms with E-state index in [9.17, 15) is 22.8 Å². The number of ether oxygens (including phenoxy) is 2. The maximum absolute atomic E-state index is 12.7. The molecule has 1 aromatic carbocycles. The summed E-state index contributed by atoms with van der Waals surface area (Å²) in [6.45, 7) is 0. The fraction of sp³-hybridized carbons (Fsp3) is 0.188. The second kappa shape index (κ2) is 8.12. The number of anilines is 1. The van der Waals surface area contributed by atoms with Gasteiger partial charge in [0.25, 0.3) is 0 Å². The molecule has 0 radical (unpaired) electrons. The summed E-state index contributed by atoms with van der Waals surface area (Å²) in [6, 6.07) is 4.99. The number of nitrogens with one attached hydrogen (secondary N) is 1. The number of nitrogens with zero attached hydrogens (tertiary/aromatic N) is 2. The molecule has 7 nitrogen and oxygen atoms in total. The molecule has 1 N–H and O–H groups in total. The Bertz CT molecular complexity index is 893. The average molecular weight is 404 g/mol. The fourth-order valence-corrected chi connectivity index (χ4v) is 2.24. The van der Waals surface area contributed by atoms with E-state index >= 15 is 0 Å². The number of carbonyl (C=O) groups is 2. The van der Waals surface area contributed by atoms with Crippen molar-refractivity contribution in [3.05, 3.63) is 53.0 Å². The van der Waals surface area contributed by atoms with E-state index in [1.807, 2.05) is 0 Å². The van der Waals surface area contributed by atoms with Crippen LogP contribution in [0.2, 0.25) is 5.02 Å². The Kier molecular flexibility index (Phi) is 6.11. The van der Waals surface area contributed by atoms with E-state index in [1.165, 1.54) is 18.2 Å². The Labute approximate surface area is 156 Å². The molecule has 0 saturated heterocycles. The number of carbonyl (C=O) groups excluding carboxylic acids is 2. The van der Waals surface area contributed by atoms with Crippen molar-refractivity contribution in [3.63, 3.8) is 0 Å². The molecule has 0 unspecified atom stereocenters. The predicted molar refractivity (Wildman–Crippen MR) is 89.3 cm³/mol. The van der Waals surface area contributed by atoms with Gasteiger partial charge in [-0.25, -0.2) is 14.3 Å². The number of halogens is 4. The lowest BCUT2D eigenvalue weighted by Gasteiger charge is -2.11. The Hall–Kier alpha value is -3.01. The summed E-state index contributed by atoms with van der Waals surface area (Å²) in [5.41, 5.74) is -0.803. The number of aromatic nitrogens is 2. The number of methoxy groups -OCH3 is 2. The second-order valence-electron chi connectivity index (χ2n) is 5.01. The Morgan fingerprint density at radius 2 is 1.93 bits per heavy atom. The summed E-state index contributed by atoms with van der Waals surface area (Å²) in [6.07, 6.45) is -2.57. The van der Waals surface area contributed by atoms with Crippen molar-refractivity contribution in [2.45, 2.75) is 6.18 Å². The standard InChI is InChI=1S/C16H13ClF3N3O4/c1-26-14(24)8-11(15(25)27-2)21-9-3-4-12(10(17)7-9)23-6-5-13(22-23)16(18,19)20/h3-8,21H,1-2H3/b11-8+. The highest BCUT2D eigenvalue weighted by molar-refractivity contribution is 6.32. The molecule has 0 aliphatic carbocycles. The van der Waals surface area contributed by atoms with Crippen LogP contribution < -0.4 is 5.32 Å². The smallest absolute Gasteiger partial charge is 0.435 e. The van der Waals surface area contributed by atoms with E-state index in [4.69, 9.17) is 11.6 Å². The lowest BCUT2D eigenvalue weighted by atomic mass is 10.2. The van der Waals surface area contributed by atoms with Gasteiger partial charge in [0, 0.05) is 11.9 Å². The first-order valence-corrected chi connectivity index (χ1v) is 7.61. The highest BCUT2D eigenvalue weighted by Gasteiger charge is 2.33. The van der Waals surface area contributed by atoms with Gasteiger partial charge in [-0.2, -0.15) is 18.3 Å². The van der Waals surface area contributed by atoms with Crippen LogP contribution in [0.5, 0.6) is 0 Å². The van der Waals surface area contributed by atoms with Crippen LogP contribution in [0.25, 0.3) is 5.69 Å². The van der Waals surface area contributed by atoms with E-state index in [0.29, 0.717) is 0 Å². The van der Waals surface area contributed by atoms with Crippen molar-refractivity contribution in [2.24, 2.45) is 0 Å². The van der Waals surface area contributed by atoms with E-state index in [-0.39, 0.29) is 22.1 Å². The van der Waals surface area contributed by atoms with Crippen LogP contribution in [0, 0.1) is 0 Å². The molecule has 0 fully saturated rings. The van der Waals surface area contributed by atoms with Gasteiger partial charge in [0.2, 0.25) is 0 Å². The molecule has 1 heterocycles. The van der Waals surface area contributed by atoms with Crippen LogP contribution in [0.4, 0.5) is 18.9 Å². The summed E-state index contributed by atoms with van der Waals surface area (Å²) < 4.78 is 48.0. The molecule has 144 valence electrons. The van der Waals surface area contributed by atoms with E-state index in [1.54, 1.807) is 0 Å². The van der Waals surface area contributed by atoms with Gasteiger partial charge in [-0.3, -0.25) is 0 Å². The van der Waals surface area contributed by atoms with Crippen LogP contribution in [0.1, 0.15) is 5.69 Å². The van der Waals surface area contributed by atoms with E-state index < -0.39 is 23.8 Å². The van der Waals surface area contributed by atoms with Gasteiger partial charge < -0.3 is 14.8 Å². The normalized spacial score (nSPS) is 11.9. The van der Waals surface area contributed by atoms with Crippen LogP contribution in [-0.4, -0.2) is 35.9 Å². The topological polar surface area (TPSA) is 82.5 Å². The Balaban J connectivity index is 2.30. The van der Waals surface area contributed by atoms with Crippen LogP contribution in [0.3, 0.4) is 0 Å². The average Bonchev–Trinajstić information content (AvgIpc) is 3.10. The van der Waals surface area contributed by atoms with Gasteiger partial charge in [0.05, 0.1) is 31.0 Å². The molecule has 0 aliphatic rings. The van der Waals surface area contributed by atoms with Crippen molar-refractivity contribution >= 4 is 29.2 Å². The zero-order valence-electron chi connectivity index (χ0n) is 14.0. The minimum atomic E-state index is -4.58. The number of esters is 2. The molecule has 2 rings (SSSR count). The molecule has 2 aromatic rings. The first-order chi connectivity index (χ1) is 12.7. The highest BCUT2D eigenvalue weighted by Crippen LogP contribution is 2.30. The lowest BCUT2D eigenvalue weighted by Crippen LogP contribution is -2.15. The van der Waals surface area contributed by atoms with Crippen LogP contribution in [0.15, 0.2) is 42.2 Å². The molecule has 0 bridgehead atoms. The largest absolute Gasteiger partial charge is 0.466 e. The van der Waals surface area contributed by atoms with Gasteiger partial charge in [-0.15, -0.1) is 0 Å². The summed E-state index contributed by atoms with van der Waals surface area (Å²) in [4.78, 5) is 23.1. The molecule has 0 saturated carbocycles. The summed E-state index contributed by atoms with van der Waals surface area (Å²) in [5, 5.41) is 6.13. The minimum Gasteiger partial charge on any atom is -0.466 e. The van der Waals surface area contributed by atoms with E-state index in [0.717, 1.165) is 37.2 Å². The Morgan fingerprint density at radius 1 is 1.22 bits per heavy atom. The first kappa shape index (κ1) is 20.3. The molecular formula is C16H13ClF3N3O4. The SMILES string of the molecule is COC(=O)/C=C(/Nc1ccc(-n2ccc(C(F)(F)F)n2)c(Cl)c1)C(=O)OC. The molecule has 27 heavy (non-hydrogen) atoms. The fourth-order valence-electron chi connectivity index (χ4n) is 1.97. The predicted octanol–water partition coefficient (Wildman–Crippen LogP) is 3.19. The van der Waals surface area contributed by atoms with Crippen LogP contribution >= 0.6 is 11.6 Å². The minimum absolute atomic E-state index is 0.0547. The van der Waals surface area contributed by atoms with Gasteiger partial charge >= 0.3 is 18.1 Å². The van der Waals surface area contributed by atoms with Gasteiger partial charge in [0.15, 0.2) is 5.69 Å². The molecular weight excluding hydrogens is 391 g/mol. The first-order valence-electron chi connectivity index (χ1n) is 7.23. The Morgan fingerprint density at radius 3 is 2.44 bits per heavy atom. The molecule has 0 spiro atoms. The summed E-state index contributed by atoms with van der Waals surface area (Å²) in [5.74, 6) is -1.62. The second-order valence-corrected chi connectivity index (χ2v) is 5.41. The monoisotopic (exact) mass is 403 g/mol. The number of hydrogen-bond acceptors (Lipinski definition) is 6. The number of hydrogen-bond donors (Lipinski definition) is 1. The molecule has 0 amide bonds. The summed E-state index contributed by atoms with van der Waals surface area (Å²) in [7, 11) is 2.26. The maximum atomic E-state index is 12.7. The van der Waals surface area contributed by atoms with Crippen molar-refractivity contribution < 1.29 is 32.2 Å². The number of benzene rings is 1. The summed E-state index contributed by atoms with van der Waals surface area (Å²) >= 11 is 6.11. The third kappa shape index (κ3) is 5.00. The third-order valence-corrected chi connectivity index (χ3v) is 3.52. The molecule has 11 heteroatoms. The van der Waals surface area contributed by atoms with Gasteiger partial charge in [-0.05, 0) is 24.3 Å². The zero-order chi connectivity index (χ0) is 20.2.